The van der Waals surface area contributed by atoms with E-state index in [-0.39, 0.29) is 13.5 Å². The summed E-state index contributed by atoms with van der Waals surface area (Å²) in [5.74, 6) is -0.646. The molecule has 0 saturated carbocycles. The minimum Gasteiger partial charge on any atom is -0.495 e. The molecule has 0 aliphatic rings. The van der Waals surface area contributed by atoms with Crippen LogP contribution in [0, 0.1) is 0 Å². The summed E-state index contributed by atoms with van der Waals surface area (Å²) >= 11 is 5.87. The molecule has 1 aromatic rings. The second-order valence-corrected chi connectivity index (χ2v) is 3.47. The fourth-order valence-electron chi connectivity index (χ4n) is 1.13. The second-order valence-electron chi connectivity index (χ2n) is 3.06. The minimum atomic E-state index is -1.05. The van der Waals surface area contributed by atoms with Crippen molar-refractivity contribution in [3.8, 4) is 5.75 Å². The number of ether oxygens (including phenoxy) is 1. The lowest BCUT2D eigenvalue weighted by molar-refractivity contribution is -0.138. The van der Waals surface area contributed by atoms with E-state index in [4.69, 9.17) is 28.5 Å². The third kappa shape index (κ3) is 3.11. The van der Waals surface area contributed by atoms with Crippen LogP contribution in [0.1, 0.15) is 6.93 Å². The molecule has 0 heterocycles. The lowest BCUT2D eigenvalue weighted by Crippen LogP contribution is -2.32. The van der Waals surface area contributed by atoms with Crippen molar-refractivity contribution in [2.75, 3.05) is 7.09 Å². The van der Waals surface area contributed by atoms with Crippen molar-refractivity contribution in [3.05, 3.63) is 28.8 Å². The molecule has 0 aromatic heterocycles. The lowest BCUT2D eigenvalue weighted by atomic mass is 10.1. The number of carbonyl (C=O) groups is 1. The van der Waals surface area contributed by atoms with E-state index in [1.54, 1.807) is 18.2 Å². The third-order valence-electron chi connectivity index (χ3n) is 1.92. The number of methoxy groups -OCH3 is 1. The number of halogens is 1. The number of nitrogens with two attached hydrogens (primary N) is 1. The van der Waals surface area contributed by atoms with Crippen molar-refractivity contribution in [2.24, 2.45) is 5.73 Å². The third-order valence-corrected chi connectivity index (χ3v) is 2.22. The summed E-state index contributed by atoms with van der Waals surface area (Å²) < 4.78 is 11.8. The number of carboxylic acids is 1. The summed E-state index contributed by atoms with van der Waals surface area (Å²) in [6, 6.07) is 3.93. The van der Waals surface area contributed by atoms with Gasteiger partial charge in [0.1, 0.15) is 11.8 Å². The van der Waals surface area contributed by atoms with Crippen LogP contribution in [0.3, 0.4) is 0 Å². The monoisotopic (exact) mass is 230 g/mol. The Bertz CT molecular complexity index is 386. The molecular formula is C10H12ClNO3. The fraction of sp³-hybridized carbons (Fsp3) is 0.300. The van der Waals surface area contributed by atoms with E-state index in [2.05, 4.69) is 0 Å². The lowest BCUT2D eigenvalue weighted by Gasteiger charge is -2.08. The summed E-state index contributed by atoms with van der Waals surface area (Å²) in [6.07, 6.45) is 0.205. The van der Waals surface area contributed by atoms with Crippen LogP contribution in [0.5, 0.6) is 5.75 Å². The maximum Gasteiger partial charge on any atom is 0.320 e. The smallest absolute Gasteiger partial charge is 0.320 e. The molecule has 0 unspecified atom stereocenters. The van der Waals surface area contributed by atoms with Gasteiger partial charge in [-0.1, -0.05) is 17.7 Å². The summed E-state index contributed by atoms with van der Waals surface area (Å²) in [4.78, 5) is 10.6. The summed E-state index contributed by atoms with van der Waals surface area (Å²) in [7, 11) is -0.215. The molecule has 0 saturated heterocycles. The highest BCUT2D eigenvalue weighted by Gasteiger charge is 2.12. The van der Waals surface area contributed by atoms with E-state index in [0.29, 0.717) is 10.8 Å². The highest BCUT2D eigenvalue weighted by atomic mass is 35.5. The zero-order valence-electron chi connectivity index (χ0n) is 8.94. The van der Waals surface area contributed by atoms with Gasteiger partial charge in [0.15, 0.2) is 0 Å². The summed E-state index contributed by atoms with van der Waals surface area (Å²) in [6.45, 7) is 0. The average Bonchev–Trinajstić information content (AvgIpc) is 2.22. The van der Waals surface area contributed by atoms with Gasteiger partial charge >= 0.3 is 5.97 Å². The first-order chi connectivity index (χ1) is 7.54. The van der Waals surface area contributed by atoms with Gasteiger partial charge in [0.25, 0.3) is 0 Å². The van der Waals surface area contributed by atoms with Crippen molar-refractivity contribution in [3.63, 3.8) is 0 Å². The Morgan fingerprint density at radius 3 is 3.07 bits per heavy atom. The predicted octanol–water partition coefficient (Wildman–Crippen LogP) is 1.30. The number of aliphatic carboxylic acids is 1. The largest absolute Gasteiger partial charge is 0.495 e. The fourth-order valence-corrected chi connectivity index (χ4v) is 1.39. The van der Waals surface area contributed by atoms with Crippen LogP contribution in [0.15, 0.2) is 18.2 Å². The SMILES string of the molecule is [2H]COc1ccc(C[C@H](N)C(=O)O)cc1Cl. The van der Waals surface area contributed by atoms with E-state index in [9.17, 15) is 4.79 Å². The van der Waals surface area contributed by atoms with Crippen LogP contribution in [0.2, 0.25) is 5.02 Å². The van der Waals surface area contributed by atoms with Crippen molar-refractivity contribution in [1.29, 1.82) is 0 Å². The van der Waals surface area contributed by atoms with Gasteiger partial charge in [-0.25, -0.2) is 0 Å². The molecular weight excluding hydrogens is 218 g/mol. The van der Waals surface area contributed by atoms with Gasteiger partial charge in [-0.3, -0.25) is 4.79 Å². The molecule has 1 atom stereocenters. The summed E-state index contributed by atoms with van der Waals surface area (Å²) in [5, 5.41) is 8.99. The molecule has 0 radical (unpaired) electrons. The molecule has 82 valence electrons. The maximum atomic E-state index is 10.6. The van der Waals surface area contributed by atoms with E-state index in [1.807, 2.05) is 0 Å². The van der Waals surface area contributed by atoms with Crippen molar-refractivity contribution in [1.82, 2.24) is 0 Å². The Labute approximate surface area is 94.0 Å². The first kappa shape index (κ1) is 10.3. The minimum absolute atomic E-state index is 0.205. The molecule has 3 N–H and O–H groups in total. The van der Waals surface area contributed by atoms with E-state index < -0.39 is 12.0 Å². The normalized spacial score (nSPS) is 13.1. The quantitative estimate of drug-likeness (QED) is 0.818. The Morgan fingerprint density at radius 1 is 1.80 bits per heavy atom. The number of hydrogen-bond acceptors (Lipinski definition) is 3. The van der Waals surface area contributed by atoms with Crippen molar-refractivity contribution in [2.45, 2.75) is 12.5 Å². The zero-order chi connectivity index (χ0) is 12.1. The number of hydrogen-bond donors (Lipinski definition) is 2. The number of rotatable bonds is 4. The molecule has 15 heavy (non-hydrogen) atoms. The van der Waals surface area contributed by atoms with Crippen LogP contribution < -0.4 is 10.5 Å². The van der Waals surface area contributed by atoms with E-state index in [1.165, 1.54) is 0 Å². The van der Waals surface area contributed by atoms with Crippen LogP contribution >= 0.6 is 11.6 Å². The molecule has 0 amide bonds. The van der Waals surface area contributed by atoms with Gasteiger partial charge in [-0.05, 0) is 24.1 Å². The van der Waals surface area contributed by atoms with Gasteiger partial charge in [0.05, 0.1) is 13.5 Å². The van der Waals surface area contributed by atoms with Crippen LogP contribution in [-0.4, -0.2) is 24.2 Å². The Kier molecular flexibility index (Phi) is 3.42. The molecule has 4 nitrogen and oxygen atoms in total. The molecule has 0 bridgehead atoms. The molecule has 0 aliphatic carbocycles. The molecule has 1 aromatic carbocycles. The topological polar surface area (TPSA) is 72.5 Å². The van der Waals surface area contributed by atoms with E-state index in [0.717, 1.165) is 5.56 Å². The first-order valence-electron chi connectivity index (χ1n) is 4.94. The van der Waals surface area contributed by atoms with Gasteiger partial charge in [-0.2, -0.15) is 0 Å². The average molecular weight is 231 g/mol. The highest BCUT2D eigenvalue weighted by Crippen LogP contribution is 2.25. The van der Waals surface area contributed by atoms with E-state index >= 15 is 0 Å². The van der Waals surface area contributed by atoms with Gasteiger partial charge in [0, 0.05) is 0 Å². The number of benzene rings is 1. The van der Waals surface area contributed by atoms with Crippen molar-refractivity contribution >= 4 is 17.6 Å². The molecule has 1 rings (SSSR count). The maximum absolute atomic E-state index is 10.6. The van der Waals surface area contributed by atoms with Gasteiger partial charge < -0.3 is 15.6 Å². The predicted molar refractivity (Wildman–Crippen MR) is 57.3 cm³/mol. The Balaban J connectivity index is 2.77. The molecule has 5 heteroatoms. The molecule has 0 spiro atoms. The van der Waals surface area contributed by atoms with Gasteiger partial charge in [-0.15, -0.1) is 0 Å². The highest BCUT2D eigenvalue weighted by molar-refractivity contribution is 6.32. The van der Waals surface area contributed by atoms with Crippen LogP contribution in [0.4, 0.5) is 0 Å². The zero-order valence-corrected chi connectivity index (χ0v) is 8.70. The Morgan fingerprint density at radius 2 is 2.53 bits per heavy atom. The first-order valence-corrected chi connectivity index (χ1v) is 4.61. The second kappa shape index (κ2) is 5.00. The molecule has 0 aliphatic heterocycles. The standard InChI is InChI=1S/C10H12ClNO3/c1-15-9-3-2-6(4-7(9)11)5-8(12)10(13)14/h2-4,8H,5,12H2,1H3,(H,13,14)/t8-/m0/s1/i1D. The molecule has 0 fully saturated rings. The summed E-state index contributed by atoms with van der Waals surface area (Å²) in [5.41, 5.74) is 6.11. The van der Waals surface area contributed by atoms with Crippen LogP contribution in [-0.2, 0) is 11.2 Å². The van der Waals surface area contributed by atoms with Crippen LogP contribution in [0.25, 0.3) is 0 Å². The Hall–Kier alpha value is -1.26. The number of carboxylic acid groups (broad SMARTS) is 1. The van der Waals surface area contributed by atoms with Gasteiger partial charge in [0.2, 0.25) is 0 Å². The van der Waals surface area contributed by atoms with Crippen molar-refractivity contribution < 1.29 is 16.0 Å².